The fraction of sp³-hybridized carbons (Fsp3) is 0.440. The van der Waals surface area contributed by atoms with E-state index in [1.54, 1.807) is 0 Å². The van der Waals surface area contributed by atoms with Gasteiger partial charge >= 0.3 is 6.18 Å². The summed E-state index contributed by atoms with van der Waals surface area (Å²) in [7, 11) is 1.33. The minimum atomic E-state index is -4.92. The summed E-state index contributed by atoms with van der Waals surface area (Å²) in [4.78, 5) is 29.6. The van der Waals surface area contributed by atoms with Gasteiger partial charge in [0.25, 0.3) is 17.7 Å². The van der Waals surface area contributed by atoms with Crippen molar-refractivity contribution in [1.82, 2.24) is 30.0 Å². The molecule has 3 N–H and O–H groups in total. The van der Waals surface area contributed by atoms with Crippen molar-refractivity contribution >= 4 is 29.1 Å². The number of carbonyl (C=O) groups excluding carboxylic acids is 2. The molecule has 0 radical (unpaired) electrons. The van der Waals surface area contributed by atoms with Crippen molar-refractivity contribution in [2.75, 3.05) is 18.4 Å². The van der Waals surface area contributed by atoms with Crippen LogP contribution in [0.4, 0.5) is 27.6 Å². The number of nitrogens with zero attached hydrogens (tertiary/aromatic N) is 4. The largest absolute Gasteiger partial charge is 0.435 e. The summed E-state index contributed by atoms with van der Waals surface area (Å²) in [6.07, 6.45) is -2.69. The molecule has 4 atom stereocenters. The second-order valence-electron chi connectivity index (χ2n) is 10.4. The molecule has 0 spiro atoms. The zero-order chi connectivity index (χ0) is 28.6. The van der Waals surface area contributed by atoms with Gasteiger partial charge in [0.05, 0.1) is 28.0 Å². The van der Waals surface area contributed by atoms with Gasteiger partial charge in [-0.25, -0.2) is 13.8 Å². The van der Waals surface area contributed by atoms with E-state index in [-0.39, 0.29) is 39.7 Å². The number of nitrogens with one attached hydrogen (secondary N) is 3. The van der Waals surface area contributed by atoms with Crippen LogP contribution in [0.1, 0.15) is 45.6 Å². The summed E-state index contributed by atoms with van der Waals surface area (Å²) < 4.78 is 69.7. The highest BCUT2D eigenvalue weighted by molar-refractivity contribution is 6.34. The molecule has 4 unspecified atom stereocenters. The van der Waals surface area contributed by atoms with E-state index in [9.17, 15) is 31.5 Å². The van der Waals surface area contributed by atoms with Gasteiger partial charge in [-0.1, -0.05) is 11.6 Å². The normalized spacial score (nSPS) is 24.8. The number of carbonyl (C=O) groups is 2. The molecule has 1 aliphatic heterocycles. The monoisotopic (exact) mass is 583 g/mol. The average Bonchev–Trinajstić information content (AvgIpc) is 3.24. The van der Waals surface area contributed by atoms with E-state index in [1.807, 2.05) is 0 Å². The Morgan fingerprint density at radius 2 is 1.95 bits per heavy atom. The lowest BCUT2D eigenvalue weighted by Gasteiger charge is -2.40. The van der Waals surface area contributed by atoms with Crippen molar-refractivity contribution in [2.24, 2.45) is 18.9 Å². The molecule has 9 nitrogen and oxygen atoms in total. The maximum atomic E-state index is 13.7. The van der Waals surface area contributed by atoms with Crippen molar-refractivity contribution in [3.8, 4) is 11.3 Å². The van der Waals surface area contributed by atoms with Crippen molar-refractivity contribution in [3.05, 3.63) is 52.7 Å². The van der Waals surface area contributed by atoms with Crippen LogP contribution in [0.3, 0.4) is 0 Å². The molecule has 3 aliphatic rings. The number of imidazole rings is 1. The molecule has 1 aromatic carbocycles. The first-order valence-electron chi connectivity index (χ1n) is 12.5. The minimum Gasteiger partial charge on any atom is -0.349 e. The number of amides is 2. The maximum Gasteiger partial charge on any atom is 0.435 e. The van der Waals surface area contributed by atoms with E-state index in [4.69, 9.17) is 11.6 Å². The Morgan fingerprint density at radius 1 is 1.20 bits per heavy atom. The summed E-state index contributed by atoms with van der Waals surface area (Å²) in [5, 5.41) is 12.3. The molecule has 6 rings (SSSR count). The topological polar surface area (TPSA) is 106 Å². The summed E-state index contributed by atoms with van der Waals surface area (Å²) in [5.74, 6) is -3.47. The van der Waals surface area contributed by atoms with Gasteiger partial charge in [0, 0.05) is 37.9 Å². The Morgan fingerprint density at radius 3 is 2.60 bits per heavy atom. The fourth-order valence-electron chi connectivity index (χ4n) is 5.47. The Bertz CT molecular complexity index is 1520. The summed E-state index contributed by atoms with van der Waals surface area (Å²) in [5.41, 5.74) is -1.49. The van der Waals surface area contributed by atoms with Gasteiger partial charge in [0.15, 0.2) is 11.5 Å². The molecule has 2 amide bonds. The number of rotatable bonds is 6. The van der Waals surface area contributed by atoms with Crippen LogP contribution in [0.5, 0.6) is 0 Å². The number of aromatic nitrogens is 4. The van der Waals surface area contributed by atoms with E-state index in [1.165, 1.54) is 25.2 Å². The van der Waals surface area contributed by atoms with Crippen molar-refractivity contribution in [1.29, 1.82) is 0 Å². The van der Waals surface area contributed by atoms with Gasteiger partial charge < -0.3 is 20.5 Å². The van der Waals surface area contributed by atoms with Gasteiger partial charge in [-0.15, -0.1) is 0 Å². The molecule has 40 heavy (non-hydrogen) atoms. The predicted octanol–water partition coefficient (Wildman–Crippen LogP) is 4.13. The Balaban J connectivity index is 1.18. The third kappa shape index (κ3) is 4.62. The van der Waals surface area contributed by atoms with Gasteiger partial charge in [-0.2, -0.15) is 18.3 Å². The number of benzene rings is 1. The van der Waals surface area contributed by atoms with Crippen LogP contribution in [-0.4, -0.2) is 56.2 Å². The summed E-state index contributed by atoms with van der Waals surface area (Å²) in [6, 6.07) is 2.95. The number of alkyl halides is 5. The Kier molecular flexibility index (Phi) is 6.18. The van der Waals surface area contributed by atoms with Gasteiger partial charge in [-0.3, -0.25) is 14.3 Å². The van der Waals surface area contributed by atoms with Crippen molar-refractivity contribution in [3.63, 3.8) is 0 Å². The number of halogens is 6. The molecule has 2 saturated carbocycles. The minimum absolute atomic E-state index is 0.0753. The van der Waals surface area contributed by atoms with Crippen LogP contribution < -0.4 is 16.0 Å². The standard InChI is InChI=1S/C25H23ClF5N7O2/c1-37-18(15-10-38(19-6-24(19,27)28)36-20(15)25(29,30)31)9-33-21(37)23(40)34-12-2-3-13(16(26)5-12)22(39)35-17-4-11-7-32-8-14(11)17/h2-3,5,9-11,14,17,19,32H,4,6-8H2,1H3,(H,34,40)(H,35,39). The van der Waals surface area contributed by atoms with E-state index in [0.717, 1.165) is 36.5 Å². The van der Waals surface area contributed by atoms with Crippen LogP contribution in [0, 0.1) is 11.8 Å². The zero-order valence-corrected chi connectivity index (χ0v) is 21.7. The summed E-state index contributed by atoms with van der Waals surface area (Å²) in [6.45, 7) is 1.82. The molecule has 3 fully saturated rings. The van der Waals surface area contributed by atoms with Crippen LogP contribution in [-0.2, 0) is 13.2 Å². The first kappa shape index (κ1) is 26.7. The average molecular weight is 584 g/mol. The first-order valence-corrected chi connectivity index (χ1v) is 12.9. The van der Waals surface area contributed by atoms with Gasteiger partial charge in [-0.05, 0) is 43.0 Å². The van der Waals surface area contributed by atoms with E-state index in [0.29, 0.717) is 16.5 Å². The third-order valence-corrected chi connectivity index (χ3v) is 8.15. The molecule has 212 valence electrons. The predicted molar refractivity (Wildman–Crippen MR) is 133 cm³/mol. The lowest BCUT2D eigenvalue weighted by atomic mass is 9.71. The lowest BCUT2D eigenvalue weighted by Crippen LogP contribution is -2.52. The smallest absolute Gasteiger partial charge is 0.349 e. The highest BCUT2D eigenvalue weighted by Gasteiger charge is 2.59. The molecule has 2 aromatic heterocycles. The summed E-state index contributed by atoms with van der Waals surface area (Å²) >= 11 is 6.32. The second kappa shape index (κ2) is 9.26. The molecule has 15 heteroatoms. The Labute approximate surface area is 229 Å². The van der Waals surface area contributed by atoms with Crippen molar-refractivity contribution in [2.45, 2.75) is 37.0 Å². The van der Waals surface area contributed by atoms with E-state index >= 15 is 0 Å². The van der Waals surface area contributed by atoms with Crippen LogP contribution >= 0.6 is 11.6 Å². The van der Waals surface area contributed by atoms with E-state index in [2.05, 4.69) is 26.0 Å². The third-order valence-electron chi connectivity index (χ3n) is 7.83. The van der Waals surface area contributed by atoms with Crippen LogP contribution in [0.15, 0.2) is 30.6 Å². The number of fused-ring (bicyclic) bond motifs is 1. The molecule has 3 aromatic rings. The molecular weight excluding hydrogens is 561 g/mol. The highest BCUT2D eigenvalue weighted by atomic mass is 35.5. The quantitative estimate of drug-likeness (QED) is 0.379. The second-order valence-corrected chi connectivity index (χ2v) is 10.8. The number of hydrogen-bond donors (Lipinski definition) is 3. The Hall–Kier alpha value is -3.52. The highest BCUT2D eigenvalue weighted by Crippen LogP contribution is 2.53. The van der Waals surface area contributed by atoms with Crippen LogP contribution in [0.25, 0.3) is 11.3 Å². The maximum absolute atomic E-state index is 13.7. The molecule has 3 heterocycles. The van der Waals surface area contributed by atoms with Gasteiger partial charge in [0.1, 0.15) is 6.04 Å². The number of hydrogen-bond acceptors (Lipinski definition) is 5. The fourth-order valence-corrected chi connectivity index (χ4v) is 5.73. The molecule has 1 saturated heterocycles. The number of anilines is 1. The first-order chi connectivity index (χ1) is 18.8. The van der Waals surface area contributed by atoms with E-state index < -0.39 is 41.7 Å². The lowest BCUT2D eigenvalue weighted by molar-refractivity contribution is -0.141. The molecule has 0 bridgehead atoms. The SMILES string of the molecule is Cn1c(-c2cn(C3CC3(F)F)nc2C(F)(F)F)cnc1C(=O)Nc1ccc(C(=O)NC2CC3CNCC32)c(Cl)c1. The molecular formula is C25H23ClF5N7O2. The zero-order valence-electron chi connectivity index (χ0n) is 20.9. The molecule has 2 aliphatic carbocycles. The van der Waals surface area contributed by atoms with Crippen molar-refractivity contribution < 1.29 is 31.5 Å². The van der Waals surface area contributed by atoms with Crippen LogP contribution in [0.2, 0.25) is 5.02 Å². The van der Waals surface area contributed by atoms with Gasteiger partial charge in [0.2, 0.25) is 0 Å².